The molecule has 1 N–H and O–H groups in total. The van der Waals surface area contributed by atoms with Crippen molar-refractivity contribution in [3.8, 4) is 5.75 Å². The first kappa shape index (κ1) is 18.3. The van der Waals surface area contributed by atoms with Crippen molar-refractivity contribution in [2.24, 2.45) is 0 Å². The van der Waals surface area contributed by atoms with E-state index in [-0.39, 0.29) is 5.69 Å². The summed E-state index contributed by atoms with van der Waals surface area (Å²) < 4.78 is 54.7. The lowest BCUT2D eigenvalue weighted by atomic mass is 10.3. The Balaban J connectivity index is 2.08. The molecule has 5 nitrogen and oxygen atoms in total. The molecule has 0 saturated heterocycles. The number of hydrogen-bond acceptors (Lipinski definition) is 4. The molecule has 2 aromatic rings. The summed E-state index contributed by atoms with van der Waals surface area (Å²) in [5.74, 6) is -3.81. The third kappa shape index (κ3) is 4.51. The molecule has 0 saturated carbocycles. The van der Waals surface area contributed by atoms with Gasteiger partial charge in [-0.05, 0) is 36.4 Å². The number of amides is 1. The van der Waals surface area contributed by atoms with Gasteiger partial charge >= 0.3 is 5.76 Å². The molecule has 0 radical (unpaired) electrons. The summed E-state index contributed by atoms with van der Waals surface area (Å²) in [7, 11) is -4.82. The lowest BCUT2D eigenvalue weighted by Gasteiger charge is -2.12. The average Bonchev–Trinajstić information content (AvgIpc) is 2.54. The number of anilines is 1. The number of carbonyl (C=O) groups is 1. The van der Waals surface area contributed by atoms with Gasteiger partial charge in [0.15, 0.2) is 6.61 Å². The first-order valence-corrected chi connectivity index (χ1v) is 8.94. The van der Waals surface area contributed by atoms with Crippen LogP contribution in [0.5, 0.6) is 5.75 Å². The average molecular weight is 420 g/mol. The third-order valence-electron chi connectivity index (χ3n) is 2.89. The fourth-order valence-corrected chi connectivity index (χ4v) is 2.93. The molecule has 128 valence electrons. The van der Waals surface area contributed by atoms with Crippen molar-refractivity contribution in [3.05, 3.63) is 53.0 Å². The van der Waals surface area contributed by atoms with Crippen LogP contribution in [0.15, 0.2) is 57.9 Å². The van der Waals surface area contributed by atoms with Gasteiger partial charge in [0.1, 0.15) is 5.75 Å². The smallest absolute Gasteiger partial charge is 0.341 e. The van der Waals surface area contributed by atoms with Crippen molar-refractivity contribution >= 4 is 37.4 Å². The van der Waals surface area contributed by atoms with E-state index in [9.17, 15) is 22.0 Å². The Kier molecular flexibility index (Phi) is 5.89. The van der Waals surface area contributed by atoms with E-state index in [2.05, 4.69) is 21.2 Å². The first-order chi connectivity index (χ1) is 11.3. The number of benzene rings is 2. The Bertz CT molecular complexity index is 826. The summed E-state index contributed by atoms with van der Waals surface area (Å²) in [6.45, 7) is -0.398. The molecular formula is C15H12BrF2NO4S. The van der Waals surface area contributed by atoms with Crippen LogP contribution in [-0.4, -0.2) is 26.7 Å². The molecule has 0 aliphatic rings. The van der Waals surface area contributed by atoms with Crippen molar-refractivity contribution in [2.75, 3.05) is 11.9 Å². The summed E-state index contributed by atoms with van der Waals surface area (Å²) in [5.41, 5.74) is -0.220. The number of para-hydroxylation sites is 1. The normalized spacial score (nSPS) is 11.3. The Hall–Kier alpha value is -2.00. The monoisotopic (exact) mass is 419 g/mol. The van der Waals surface area contributed by atoms with Crippen LogP contribution < -0.4 is 10.1 Å². The van der Waals surface area contributed by atoms with Gasteiger partial charge in [-0.3, -0.25) is 4.79 Å². The zero-order chi connectivity index (χ0) is 17.7. The Labute approximate surface area is 145 Å². The second-order valence-electron chi connectivity index (χ2n) is 4.59. The second kappa shape index (κ2) is 7.71. The fraction of sp³-hybridized carbons (Fsp3) is 0.133. The lowest BCUT2D eigenvalue weighted by Crippen LogP contribution is -2.22. The van der Waals surface area contributed by atoms with Gasteiger partial charge in [-0.1, -0.05) is 28.1 Å². The molecule has 0 spiro atoms. The molecule has 0 aliphatic heterocycles. The first-order valence-electron chi connectivity index (χ1n) is 6.60. The molecule has 0 fully saturated rings. The summed E-state index contributed by atoms with van der Waals surface area (Å²) in [4.78, 5) is 11.2. The molecule has 0 atom stereocenters. The number of carbonyl (C=O) groups excluding carboxylic acids is 1. The summed E-state index contributed by atoms with van der Waals surface area (Å²) >= 11 is 3.25. The van der Waals surface area contributed by atoms with Crippen molar-refractivity contribution in [1.29, 1.82) is 0 Å². The highest BCUT2D eigenvalue weighted by atomic mass is 79.9. The van der Waals surface area contributed by atoms with Crippen LogP contribution >= 0.6 is 15.9 Å². The van der Waals surface area contributed by atoms with E-state index >= 15 is 0 Å². The molecule has 9 heteroatoms. The molecule has 24 heavy (non-hydrogen) atoms. The minimum atomic E-state index is -4.82. The van der Waals surface area contributed by atoms with Gasteiger partial charge in [-0.15, -0.1) is 0 Å². The van der Waals surface area contributed by atoms with E-state index < -0.39 is 33.0 Å². The van der Waals surface area contributed by atoms with E-state index in [0.29, 0.717) is 5.75 Å². The zero-order valence-corrected chi connectivity index (χ0v) is 14.5. The SMILES string of the molecule is O=C(COc1ccc(Br)cc1)Nc1ccccc1S(=O)(=O)C(F)F. The highest BCUT2D eigenvalue weighted by molar-refractivity contribution is 9.10. The number of alkyl halides is 2. The molecular weight excluding hydrogens is 408 g/mol. The minimum Gasteiger partial charge on any atom is -0.484 e. The number of rotatable bonds is 6. The van der Waals surface area contributed by atoms with Crippen LogP contribution in [0.25, 0.3) is 0 Å². The highest BCUT2D eigenvalue weighted by Gasteiger charge is 2.29. The van der Waals surface area contributed by atoms with Crippen LogP contribution in [0, 0.1) is 0 Å². The number of ether oxygens (including phenoxy) is 1. The molecule has 1 amide bonds. The van der Waals surface area contributed by atoms with E-state index in [1.165, 1.54) is 18.2 Å². The maximum atomic E-state index is 12.7. The van der Waals surface area contributed by atoms with Crippen LogP contribution in [0.3, 0.4) is 0 Å². The van der Waals surface area contributed by atoms with Gasteiger partial charge in [-0.25, -0.2) is 8.42 Å². The van der Waals surface area contributed by atoms with Gasteiger partial charge < -0.3 is 10.1 Å². The third-order valence-corrected chi connectivity index (χ3v) is 4.85. The number of halogens is 3. The Morgan fingerprint density at radius 3 is 2.38 bits per heavy atom. The molecule has 0 aromatic heterocycles. The van der Waals surface area contributed by atoms with Gasteiger partial charge in [0, 0.05) is 4.47 Å². The van der Waals surface area contributed by atoms with Gasteiger partial charge in [0.25, 0.3) is 5.91 Å². The van der Waals surface area contributed by atoms with Gasteiger partial charge in [0.2, 0.25) is 9.84 Å². The highest BCUT2D eigenvalue weighted by Crippen LogP contribution is 2.26. The largest absolute Gasteiger partial charge is 0.484 e. The van der Waals surface area contributed by atoms with E-state index in [1.54, 1.807) is 24.3 Å². The summed E-state index contributed by atoms with van der Waals surface area (Å²) in [5, 5.41) is 2.27. The number of sulfone groups is 1. The Morgan fingerprint density at radius 2 is 1.75 bits per heavy atom. The van der Waals surface area contributed by atoms with Crippen LogP contribution in [-0.2, 0) is 14.6 Å². The van der Waals surface area contributed by atoms with Crippen molar-refractivity contribution in [1.82, 2.24) is 0 Å². The van der Waals surface area contributed by atoms with Crippen molar-refractivity contribution in [2.45, 2.75) is 10.7 Å². The van der Waals surface area contributed by atoms with E-state index in [1.807, 2.05) is 0 Å². The zero-order valence-electron chi connectivity index (χ0n) is 12.1. The summed E-state index contributed by atoms with van der Waals surface area (Å²) in [6, 6.07) is 11.7. The maximum Gasteiger partial charge on any atom is 0.341 e. The maximum absolute atomic E-state index is 12.7. The van der Waals surface area contributed by atoms with Crippen LogP contribution in [0.4, 0.5) is 14.5 Å². The second-order valence-corrected chi connectivity index (χ2v) is 7.39. The minimum absolute atomic E-state index is 0.220. The Morgan fingerprint density at radius 1 is 1.12 bits per heavy atom. The predicted molar refractivity (Wildman–Crippen MR) is 87.9 cm³/mol. The molecule has 0 unspecified atom stereocenters. The predicted octanol–water partition coefficient (Wildman–Crippen LogP) is 3.46. The summed E-state index contributed by atoms with van der Waals surface area (Å²) in [6.07, 6.45) is 0. The van der Waals surface area contributed by atoms with Gasteiger partial charge in [0.05, 0.1) is 10.6 Å². The number of hydrogen-bond donors (Lipinski definition) is 1. The molecule has 0 bridgehead atoms. The fourth-order valence-electron chi connectivity index (χ4n) is 1.78. The van der Waals surface area contributed by atoms with Gasteiger partial charge in [-0.2, -0.15) is 8.78 Å². The van der Waals surface area contributed by atoms with E-state index in [0.717, 1.165) is 10.5 Å². The quantitative estimate of drug-likeness (QED) is 0.777. The number of nitrogens with one attached hydrogen (secondary N) is 1. The molecule has 2 rings (SSSR count). The molecule has 0 heterocycles. The molecule has 2 aromatic carbocycles. The molecule has 0 aliphatic carbocycles. The van der Waals surface area contributed by atoms with Crippen LogP contribution in [0.2, 0.25) is 0 Å². The van der Waals surface area contributed by atoms with Crippen molar-refractivity contribution < 1.29 is 26.7 Å². The van der Waals surface area contributed by atoms with Crippen molar-refractivity contribution in [3.63, 3.8) is 0 Å². The topological polar surface area (TPSA) is 72.5 Å². The van der Waals surface area contributed by atoms with Crippen LogP contribution in [0.1, 0.15) is 0 Å². The standard InChI is InChI=1S/C15H12BrF2NO4S/c16-10-5-7-11(8-6-10)23-9-14(20)19-12-3-1-2-4-13(12)24(21,22)15(17)18/h1-8,15H,9H2,(H,19,20). The van der Waals surface area contributed by atoms with E-state index in [4.69, 9.17) is 4.74 Å². The lowest BCUT2D eigenvalue weighted by molar-refractivity contribution is -0.118.